The van der Waals surface area contributed by atoms with Crippen LogP contribution in [-0.2, 0) is 0 Å². The van der Waals surface area contributed by atoms with Crippen LogP contribution in [-0.4, -0.2) is 29.2 Å². The normalized spacial score (nSPS) is 17.7. The highest BCUT2D eigenvalue weighted by Crippen LogP contribution is 2.33. The van der Waals surface area contributed by atoms with E-state index in [0.717, 1.165) is 17.0 Å². The summed E-state index contributed by atoms with van der Waals surface area (Å²) in [5.41, 5.74) is -0.0856. The highest BCUT2D eigenvalue weighted by atomic mass is 19.1. The van der Waals surface area contributed by atoms with Crippen LogP contribution in [0.4, 0.5) is 18.0 Å². The third kappa shape index (κ3) is 2.35. The third-order valence-corrected chi connectivity index (χ3v) is 2.80. The van der Waals surface area contributed by atoms with Gasteiger partial charge in [-0.3, -0.25) is 0 Å². The SMILES string of the molecule is O=C(O)N1CC(C(F)c2cc(F)cc(F)c2)C1. The van der Waals surface area contributed by atoms with E-state index in [1.807, 2.05) is 0 Å². The number of benzene rings is 1. The Labute approximate surface area is 95.5 Å². The average Bonchev–Trinajstić information content (AvgIpc) is 2.12. The lowest BCUT2D eigenvalue weighted by atomic mass is 9.90. The van der Waals surface area contributed by atoms with Crippen molar-refractivity contribution in [2.24, 2.45) is 5.92 Å². The van der Waals surface area contributed by atoms with Gasteiger partial charge in [-0.15, -0.1) is 0 Å². The lowest BCUT2D eigenvalue weighted by molar-refractivity contribution is 0.0405. The molecular formula is C11H10F3NO2. The molecule has 1 aliphatic rings. The van der Waals surface area contributed by atoms with Gasteiger partial charge in [0, 0.05) is 25.1 Å². The van der Waals surface area contributed by atoms with Crippen molar-refractivity contribution >= 4 is 6.09 Å². The molecule has 1 unspecified atom stereocenters. The van der Waals surface area contributed by atoms with E-state index in [0.29, 0.717) is 6.07 Å². The minimum atomic E-state index is -1.55. The van der Waals surface area contributed by atoms with Crippen molar-refractivity contribution in [3.05, 3.63) is 35.4 Å². The zero-order valence-electron chi connectivity index (χ0n) is 8.74. The lowest BCUT2D eigenvalue weighted by Crippen LogP contribution is -2.50. The van der Waals surface area contributed by atoms with Crippen LogP contribution in [0.5, 0.6) is 0 Å². The Morgan fingerprint density at radius 3 is 2.29 bits per heavy atom. The second-order valence-corrected chi connectivity index (χ2v) is 4.05. The van der Waals surface area contributed by atoms with E-state index in [2.05, 4.69) is 0 Å². The van der Waals surface area contributed by atoms with Gasteiger partial charge in [0.25, 0.3) is 0 Å². The van der Waals surface area contributed by atoms with Crippen LogP contribution in [0.1, 0.15) is 11.7 Å². The topological polar surface area (TPSA) is 40.5 Å². The van der Waals surface area contributed by atoms with Gasteiger partial charge in [-0.2, -0.15) is 0 Å². The second kappa shape index (κ2) is 4.27. The van der Waals surface area contributed by atoms with Crippen molar-refractivity contribution in [3.63, 3.8) is 0 Å². The maximum absolute atomic E-state index is 13.8. The van der Waals surface area contributed by atoms with E-state index in [9.17, 15) is 18.0 Å². The quantitative estimate of drug-likeness (QED) is 0.869. The zero-order chi connectivity index (χ0) is 12.6. The molecule has 0 radical (unpaired) electrons. The van der Waals surface area contributed by atoms with Crippen molar-refractivity contribution in [1.29, 1.82) is 0 Å². The molecule has 1 aromatic carbocycles. The largest absolute Gasteiger partial charge is 0.465 e. The van der Waals surface area contributed by atoms with Crippen molar-refractivity contribution in [3.8, 4) is 0 Å². The van der Waals surface area contributed by atoms with Gasteiger partial charge in [0.15, 0.2) is 0 Å². The van der Waals surface area contributed by atoms with Crippen LogP contribution in [0, 0.1) is 17.6 Å². The maximum atomic E-state index is 13.8. The van der Waals surface area contributed by atoms with E-state index < -0.39 is 29.8 Å². The number of likely N-dealkylation sites (tertiary alicyclic amines) is 1. The van der Waals surface area contributed by atoms with Crippen LogP contribution >= 0.6 is 0 Å². The molecule has 1 amide bonds. The zero-order valence-corrected chi connectivity index (χ0v) is 8.74. The van der Waals surface area contributed by atoms with Gasteiger partial charge in [0.05, 0.1) is 0 Å². The molecule has 1 N–H and O–H groups in total. The van der Waals surface area contributed by atoms with E-state index >= 15 is 0 Å². The fraction of sp³-hybridized carbons (Fsp3) is 0.364. The summed E-state index contributed by atoms with van der Waals surface area (Å²) in [6.45, 7) is 0.100. The molecule has 17 heavy (non-hydrogen) atoms. The first kappa shape index (κ1) is 11.8. The van der Waals surface area contributed by atoms with Crippen molar-refractivity contribution in [1.82, 2.24) is 4.90 Å². The summed E-state index contributed by atoms with van der Waals surface area (Å²) in [5.74, 6) is -2.21. The number of carbonyl (C=O) groups is 1. The first-order chi connectivity index (χ1) is 7.97. The molecule has 0 aromatic heterocycles. The lowest BCUT2D eigenvalue weighted by Gasteiger charge is -2.38. The van der Waals surface area contributed by atoms with Crippen LogP contribution in [0.15, 0.2) is 18.2 Å². The Bertz CT molecular complexity index is 426. The van der Waals surface area contributed by atoms with Crippen LogP contribution in [0.3, 0.4) is 0 Å². The molecule has 1 atom stereocenters. The molecule has 0 saturated carbocycles. The van der Waals surface area contributed by atoms with Crippen molar-refractivity contribution < 1.29 is 23.1 Å². The Kier molecular flexibility index (Phi) is 2.95. The van der Waals surface area contributed by atoms with Crippen LogP contribution < -0.4 is 0 Å². The Morgan fingerprint density at radius 1 is 1.29 bits per heavy atom. The number of hydrogen-bond acceptors (Lipinski definition) is 1. The number of alkyl halides is 1. The predicted molar refractivity (Wildman–Crippen MR) is 53.3 cm³/mol. The van der Waals surface area contributed by atoms with Crippen molar-refractivity contribution in [2.75, 3.05) is 13.1 Å². The molecule has 1 aromatic rings. The summed E-state index contributed by atoms with van der Waals surface area (Å²) in [6.07, 6.45) is -2.66. The predicted octanol–water partition coefficient (Wildman–Crippen LogP) is 2.59. The smallest absolute Gasteiger partial charge is 0.407 e. The van der Waals surface area contributed by atoms with Crippen molar-refractivity contribution in [2.45, 2.75) is 6.17 Å². The summed E-state index contributed by atoms with van der Waals surface area (Å²) >= 11 is 0. The molecule has 3 nitrogen and oxygen atoms in total. The van der Waals surface area contributed by atoms with Crippen LogP contribution in [0.2, 0.25) is 0 Å². The first-order valence-electron chi connectivity index (χ1n) is 5.05. The molecule has 1 saturated heterocycles. The highest BCUT2D eigenvalue weighted by Gasteiger charge is 2.37. The monoisotopic (exact) mass is 245 g/mol. The van der Waals surface area contributed by atoms with Gasteiger partial charge in [-0.1, -0.05) is 0 Å². The van der Waals surface area contributed by atoms with Gasteiger partial charge in [0.1, 0.15) is 17.8 Å². The fourth-order valence-electron chi connectivity index (χ4n) is 1.86. The average molecular weight is 245 g/mol. The minimum Gasteiger partial charge on any atom is -0.465 e. The maximum Gasteiger partial charge on any atom is 0.407 e. The molecule has 1 aliphatic heterocycles. The number of rotatable bonds is 2. The Balaban J connectivity index is 2.06. The molecule has 0 aliphatic carbocycles. The summed E-state index contributed by atoms with van der Waals surface area (Å²) < 4.78 is 39.6. The molecule has 1 fully saturated rings. The van der Waals surface area contributed by atoms with E-state index in [1.165, 1.54) is 0 Å². The summed E-state index contributed by atoms with van der Waals surface area (Å²) in [7, 11) is 0. The number of carboxylic acid groups (broad SMARTS) is 1. The van der Waals surface area contributed by atoms with Crippen LogP contribution in [0.25, 0.3) is 0 Å². The van der Waals surface area contributed by atoms with Gasteiger partial charge >= 0.3 is 6.09 Å². The van der Waals surface area contributed by atoms with Gasteiger partial charge < -0.3 is 10.0 Å². The van der Waals surface area contributed by atoms with Gasteiger partial charge in [-0.05, 0) is 17.7 Å². The highest BCUT2D eigenvalue weighted by molar-refractivity contribution is 5.66. The molecule has 6 heteroatoms. The second-order valence-electron chi connectivity index (χ2n) is 4.05. The standard InChI is InChI=1S/C11H10F3NO2/c12-8-1-6(2-9(13)3-8)10(14)7-4-15(5-7)11(16)17/h1-3,7,10H,4-5H2,(H,16,17). The molecule has 92 valence electrons. The fourth-order valence-corrected chi connectivity index (χ4v) is 1.86. The Morgan fingerprint density at radius 2 is 1.82 bits per heavy atom. The number of nitrogens with zero attached hydrogens (tertiary/aromatic N) is 1. The van der Waals surface area contributed by atoms with E-state index in [4.69, 9.17) is 5.11 Å². The number of hydrogen-bond donors (Lipinski definition) is 1. The van der Waals surface area contributed by atoms with Gasteiger partial charge in [-0.25, -0.2) is 18.0 Å². The molecule has 0 spiro atoms. The number of halogens is 3. The third-order valence-electron chi connectivity index (χ3n) is 2.80. The Hall–Kier alpha value is -1.72. The summed E-state index contributed by atoms with van der Waals surface area (Å²) in [4.78, 5) is 11.5. The summed E-state index contributed by atoms with van der Waals surface area (Å²) in [5, 5.41) is 8.58. The first-order valence-corrected chi connectivity index (χ1v) is 5.05. The molecule has 2 rings (SSSR count). The van der Waals surface area contributed by atoms with E-state index in [-0.39, 0.29) is 18.7 Å². The number of amides is 1. The molecule has 1 heterocycles. The summed E-state index contributed by atoms with van der Waals surface area (Å²) in [6, 6.07) is 2.52. The van der Waals surface area contributed by atoms with Gasteiger partial charge in [0.2, 0.25) is 0 Å². The molecular weight excluding hydrogens is 235 g/mol. The molecule has 0 bridgehead atoms. The minimum absolute atomic E-state index is 0.0502. The van der Waals surface area contributed by atoms with E-state index in [1.54, 1.807) is 0 Å².